The van der Waals surface area contributed by atoms with Gasteiger partial charge in [0.15, 0.2) is 0 Å². The third-order valence-corrected chi connectivity index (χ3v) is 3.95. The van der Waals surface area contributed by atoms with E-state index in [9.17, 15) is 4.79 Å². The number of benzene rings is 1. The maximum atomic E-state index is 12.9. The number of unbranched alkanes of at least 4 members (excludes halogenated alkanes) is 1. The lowest BCUT2D eigenvalue weighted by Crippen LogP contribution is -2.41. The summed E-state index contributed by atoms with van der Waals surface area (Å²) in [5, 5.41) is 0. The lowest BCUT2D eigenvalue weighted by atomic mass is 9.96. The van der Waals surface area contributed by atoms with Crippen LogP contribution in [0.2, 0.25) is 0 Å². The summed E-state index contributed by atoms with van der Waals surface area (Å²) in [5.74, 6) is 0.378. The normalized spacial score (nSPS) is 12.5. The fraction of sp³-hybridized carbons (Fsp3) is 0.611. The average molecular weight is 290 g/mol. The average Bonchev–Trinajstić information content (AvgIpc) is 2.48. The van der Waals surface area contributed by atoms with Crippen LogP contribution in [0.3, 0.4) is 0 Å². The van der Waals surface area contributed by atoms with Gasteiger partial charge in [-0.15, -0.1) is 0 Å². The SMILES string of the molecule is CCCCC(CC)C(=O)N(c1ccc(CN)cc1)C(C)C. The maximum absolute atomic E-state index is 12.9. The second-order valence-electron chi connectivity index (χ2n) is 5.92. The Balaban J connectivity index is 2.95. The fourth-order valence-electron chi connectivity index (χ4n) is 2.62. The van der Waals surface area contributed by atoms with Gasteiger partial charge in [-0.1, -0.05) is 38.8 Å². The molecular formula is C18H30N2O. The smallest absolute Gasteiger partial charge is 0.230 e. The Labute approximate surface area is 129 Å². The molecule has 0 aliphatic rings. The first-order valence-electron chi connectivity index (χ1n) is 8.17. The van der Waals surface area contributed by atoms with Crippen LogP contribution in [0.25, 0.3) is 0 Å². The first-order chi connectivity index (χ1) is 10.0. The summed E-state index contributed by atoms with van der Waals surface area (Å²) in [5.41, 5.74) is 7.70. The van der Waals surface area contributed by atoms with E-state index in [1.165, 1.54) is 0 Å². The van der Waals surface area contributed by atoms with Crippen LogP contribution in [-0.2, 0) is 11.3 Å². The van der Waals surface area contributed by atoms with Crippen molar-refractivity contribution in [2.45, 2.75) is 66.0 Å². The number of rotatable bonds is 8. The van der Waals surface area contributed by atoms with E-state index in [-0.39, 0.29) is 17.9 Å². The van der Waals surface area contributed by atoms with E-state index in [4.69, 9.17) is 5.73 Å². The minimum Gasteiger partial charge on any atom is -0.326 e. The van der Waals surface area contributed by atoms with Crippen molar-refractivity contribution in [2.75, 3.05) is 4.90 Å². The van der Waals surface area contributed by atoms with Crippen molar-refractivity contribution >= 4 is 11.6 Å². The van der Waals surface area contributed by atoms with E-state index in [0.29, 0.717) is 6.54 Å². The summed E-state index contributed by atoms with van der Waals surface area (Å²) in [7, 11) is 0. The number of hydrogen-bond acceptors (Lipinski definition) is 2. The van der Waals surface area contributed by atoms with Gasteiger partial charge in [-0.2, -0.15) is 0 Å². The Morgan fingerprint density at radius 1 is 1.19 bits per heavy atom. The second kappa shape index (κ2) is 8.83. The summed E-state index contributed by atoms with van der Waals surface area (Å²) >= 11 is 0. The van der Waals surface area contributed by atoms with Crippen LogP contribution in [0.5, 0.6) is 0 Å². The predicted octanol–water partition coefficient (Wildman–Crippen LogP) is 4.10. The first kappa shape index (κ1) is 17.7. The van der Waals surface area contributed by atoms with Gasteiger partial charge >= 0.3 is 0 Å². The summed E-state index contributed by atoms with van der Waals surface area (Å²) in [6, 6.07) is 8.19. The molecule has 0 aliphatic heterocycles. The molecule has 0 radical (unpaired) electrons. The Kier molecular flexibility index (Phi) is 7.44. The molecule has 1 amide bonds. The molecule has 0 fully saturated rings. The van der Waals surface area contributed by atoms with E-state index in [2.05, 4.69) is 27.7 Å². The van der Waals surface area contributed by atoms with E-state index < -0.39 is 0 Å². The number of carbonyl (C=O) groups is 1. The molecule has 1 aromatic rings. The van der Waals surface area contributed by atoms with Crippen molar-refractivity contribution in [3.63, 3.8) is 0 Å². The van der Waals surface area contributed by atoms with E-state index >= 15 is 0 Å². The molecule has 21 heavy (non-hydrogen) atoms. The van der Waals surface area contributed by atoms with E-state index in [1.54, 1.807) is 0 Å². The molecule has 0 bridgehead atoms. The lowest BCUT2D eigenvalue weighted by Gasteiger charge is -2.30. The Bertz CT molecular complexity index is 425. The van der Waals surface area contributed by atoms with Crippen LogP contribution < -0.4 is 10.6 Å². The number of carbonyl (C=O) groups excluding carboxylic acids is 1. The van der Waals surface area contributed by atoms with Gasteiger partial charge in [0.1, 0.15) is 0 Å². The van der Waals surface area contributed by atoms with Gasteiger partial charge in [0, 0.05) is 24.2 Å². The van der Waals surface area contributed by atoms with E-state index in [1.807, 2.05) is 29.2 Å². The highest BCUT2D eigenvalue weighted by Gasteiger charge is 2.25. The monoisotopic (exact) mass is 290 g/mol. The van der Waals surface area contributed by atoms with Crippen LogP contribution >= 0.6 is 0 Å². The Hall–Kier alpha value is -1.35. The molecule has 0 saturated heterocycles. The van der Waals surface area contributed by atoms with Gasteiger partial charge < -0.3 is 10.6 Å². The van der Waals surface area contributed by atoms with Gasteiger partial charge in [-0.25, -0.2) is 0 Å². The van der Waals surface area contributed by atoms with Crippen molar-refractivity contribution in [1.29, 1.82) is 0 Å². The molecule has 2 N–H and O–H groups in total. The van der Waals surface area contributed by atoms with Crippen LogP contribution in [0, 0.1) is 5.92 Å². The Morgan fingerprint density at radius 3 is 2.24 bits per heavy atom. The number of amides is 1. The zero-order valence-corrected chi connectivity index (χ0v) is 13.9. The number of nitrogens with two attached hydrogens (primary N) is 1. The summed E-state index contributed by atoms with van der Waals surface area (Å²) in [6.45, 7) is 8.95. The standard InChI is InChI=1S/C18H30N2O/c1-5-7-8-16(6-2)18(21)20(14(3)4)17-11-9-15(13-19)10-12-17/h9-12,14,16H,5-8,13,19H2,1-4H3. The molecule has 0 heterocycles. The van der Waals surface area contributed by atoms with Crippen LogP contribution in [0.4, 0.5) is 5.69 Å². The molecule has 1 unspecified atom stereocenters. The quantitative estimate of drug-likeness (QED) is 0.783. The largest absolute Gasteiger partial charge is 0.326 e. The molecule has 0 spiro atoms. The minimum atomic E-state index is 0.126. The summed E-state index contributed by atoms with van der Waals surface area (Å²) in [4.78, 5) is 14.8. The Morgan fingerprint density at radius 2 is 1.81 bits per heavy atom. The van der Waals surface area contributed by atoms with E-state index in [0.717, 1.165) is 36.9 Å². The van der Waals surface area contributed by atoms with Crippen molar-refractivity contribution < 1.29 is 4.79 Å². The fourth-order valence-corrected chi connectivity index (χ4v) is 2.62. The van der Waals surface area contributed by atoms with Crippen LogP contribution in [0.1, 0.15) is 58.9 Å². The topological polar surface area (TPSA) is 46.3 Å². The molecule has 0 saturated carbocycles. The molecule has 1 atom stereocenters. The van der Waals surface area contributed by atoms with Crippen molar-refractivity contribution in [1.82, 2.24) is 0 Å². The van der Waals surface area contributed by atoms with Gasteiger partial charge in [-0.05, 0) is 44.4 Å². The number of anilines is 1. The molecule has 1 aromatic carbocycles. The third kappa shape index (κ3) is 4.85. The predicted molar refractivity (Wildman–Crippen MR) is 90.3 cm³/mol. The van der Waals surface area contributed by atoms with Crippen LogP contribution in [0.15, 0.2) is 24.3 Å². The second-order valence-corrected chi connectivity index (χ2v) is 5.92. The van der Waals surface area contributed by atoms with Gasteiger partial charge in [-0.3, -0.25) is 4.79 Å². The molecule has 3 nitrogen and oxygen atoms in total. The highest BCUT2D eigenvalue weighted by Crippen LogP contribution is 2.24. The van der Waals surface area contributed by atoms with Gasteiger partial charge in [0.25, 0.3) is 0 Å². The minimum absolute atomic E-state index is 0.126. The summed E-state index contributed by atoms with van der Waals surface area (Å²) in [6.07, 6.45) is 4.14. The van der Waals surface area contributed by atoms with Crippen LogP contribution in [-0.4, -0.2) is 11.9 Å². The highest BCUT2D eigenvalue weighted by molar-refractivity contribution is 5.95. The zero-order valence-electron chi connectivity index (χ0n) is 13.9. The molecule has 0 aromatic heterocycles. The molecular weight excluding hydrogens is 260 g/mol. The number of nitrogens with zero attached hydrogens (tertiary/aromatic N) is 1. The zero-order chi connectivity index (χ0) is 15.8. The highest BCUT2D eigenvalue weighted by atomic mass is 16.2. The van der Waals surface area contributed by atoms with Crippen molar-refractivity contribution in [2.24, 2.45) is 11.7 Å². The molecule has 3 heteroatoms. The first-order valence-corrected chi connectivity index (χ1v) is 8.17. The van der Waals surface area contributed by atoms with Crippen molar-refractivity contribution in [3.8, 4) is 0 Å². The molecule has 118 valence electrons. The summed E-state index contributed by atoms with van der Waals surface area (Å²) < 4.78 is 0. The van der Waals surface area contributed by atoms with Gasteiger partial charge in [0.2, 0.25) is 5.91 Å². The third-order valence-electron chi connectivity index (χ3n) is 3.95. The number of hydrogen-bond donors (Lipinski definition) is 1. The molecule has 0 aliphatic carbocycles. The maximum Gasteiger partial charge on any atom is 0.230 e. The molecule has 1 rings (SSSR count). The van der Waals surface area contributed by atoms with Crippen molar-refractivity contribution in [3.05, 3.63) is 29.8 Å². The van der Waals surface area contributed by atoms with Gasteiger partial charge in [0.05, 0.1) is 0 Å². The lowest BCUT2D eigenvalue weighted by molar-refractivity contribution is -0.123.